The first-order valence-corrected chi connectivity index (χ1v) is 9.68. The molecule has 132 valence electrons. The van der Waals surface area contributed by atoms with E-state index in [-0.39, 0.29) is 11.5 Å². The molecule has 0 aliphatic rings. The molecule has 0 saturated heterocycles. The minimum atomic E-state index is -0.0912. The third kappa shape index (κ3) is 4.23. The van der Waals surface area contributed by atoms with Gasteiger partial charge in [0.15, 0.2) is 0 Å². The van der Waals surface area contributed by atoms with Crippen molar-refractivity contribution in [2.75, 3.05) is 6.54 Å². The van der Waals surface area contributed by atoms with Gasteiger partial charge in [0, 0.05) is 13.1 Å². The Morgan fingerprint density at radius 1 is 1.21 bits per heavy atom. The summed E-state index contributed by atoms with van der Waals surface area (Å²) < 4.78 is 1.65. The largest absolute Gasteiger partial charge is 0.351 e. The minimum Gasteiger partial charge on any atom is -0.351 e. The quantitative estimate of drug-likeness (QED) is 0.699. The van der Waals surface area contributed by atoms with E-state index in [4.69, 9.17) is 0 Å². The van der Waals surface area contributed by atoms with Crippen LogP contribution in [0.5, 0.6) is 0 Å². The monoisotopic (exact) mass is 349 g/mol. The molecule has 2 aromatic rings. The van der Waals surface area contributed by atoms with Crippen LogP contribution in [0.1, 0.15) is 67.6 Å². The van der Waals surface area contributed by atoms with Gasteiger partial charge in [0.05, 0.1) is 16.6 Å². The summed E-state index contributed by atoms with van der Waals surface area (Å²) in [7, 11) is 0. The van der Waals surface area contributed by atoms with Crippen LogP contribution in [0.3, 0.4) is 0 Å². The van der Waals surface area contributed by atoms with Crippen LogP contribution in [0.25, 0.3) is 10.2 Å². The molecule has 2 heterocycles. The molecule has 5 nitrogen and oxygen atoms in total. The molecule has 0 aliphatic heterocycles. The van der Waals surface area contributed by atoms with E-state index in [1.165, 1.54) is 24.2 Å². The molecule has 0 bridgehead atoms. The molecule has 0 atom stereocenters. The standard InChI is InChI=1S/C18H27N3O2S/c1-4-6-8-9-10-19-16(22)15-13(3)14-17(24-15)20-12-21(18(14)23)11-7-5-2/h12H,4-11H2,1-3H3,(H,19,22). The van der Waals surface area contributed by atoms with Gasteiger partial charge >= 0.3 is 0 Å². The number of carbonyl (C=O) groups excluding carboxylic acids is 1. The van der Waals surface area contributed by atoms with Crippen molar-refractivity contribution in [1.29, 1.82) is 0 Å². The van der Waals surface area contributed by atoms with E-state index in [0.29, 0.717) is 28.2 Å². The second-order valence-electron chi connectivity index (χ2n) is 6.15. The fourth-order valence-electron chi connectivity index (χ4n) is 2.70. The Hall–Kier alpha value is -1.69. The molecule has 2 aromatic heterocycles. The van der Waals surface area contributed by atoms with Gasteiger partial charge in [-0.15, -0.1) is 11.3 Å². The number of hydrogen-bond acceptors (Lipinski definition) is 4. The summed E-state index contributed by atoms with van der Waals surface area (Å²) in [6, 6.07) is 0. The van der Waals surface area contributed by atoms with Gasteiger partial charge in [-0.3, -0.25) is 14.2 Å². The molecule has 0 spiro atoms. The number of amides is 1. The summed E-state index contributed by atoms with van der Waals surface area (Å²) in [5, 5.41) is 3.56. The molecule has 6 heteroatoms. The maximum absolute atomic E-state index is 12.6. The third-order valence-corrected chi connectivity index (χ3v) is 5.39. The molecule has 0 saturated carbocycles. The zero-order valence-corrected chi connectivity index (χ0v) is 15.7. The molecule has 0 fully saturated rings. The maximum atomic E-state index is 12.6. The summed E-state index contributed by atoms with van der Waals surface area (Å²) in [6.07, 6.45) is 8.07. The molecule has 0 aliphatic carbocycles. The normalized spacial score (nSPS) is 11.1. The van der Waals surface area contributed by atoms with Crippen LogP contribution >= 0.6 is 11.3 Å². The number of thiophene rings is 1. The van der Waals surface area contributed by atoms with Crippen molar-refractivity contribution >= 4 is 27.5 Å². The summed E-state index contributed by atoms with van der Waals surface area (Å²) in [5.41, 5.74) is 0.716. The van der Waals surface area contributed by atoms with Crippen LogP contribution in [0.2, 0.25) is 0 Å². The van der Waals surface area contributed by atoms with Crippen LogP contribution in [0.4, 0.5) is 0 Å². The number of carbonyl (C=O) groups is 1. The molecule has 24 heavy (non-hydrogen) atoms. The van der Waals surface area contributed by atoms with Crippen molar-refractivity contribution in [2.24, 2.45) is 0 Å². The third-order valence-electron chi connectivity index (χ3n) is 4.19. The zero-order chi connectivity index (χ0) is 17.5. The average molecular weight is 350 g/mol. The molecular weight excluding hydrogens is 322 g/mol. The van der Waals surface area contributed by atoms with Crippen LogP contribution < -0.4 is 10.9 Å². The number of aryl methyl sites for hydroxylation is 2. The Balaban J connectivity index is 2.17. The number of nitrogens with zero attached hydrogens (tertiary/aromatic N) is 2. The molecule has 1 N–H and O–H groups in total. The highest BCUT2D eigenvalue weighted by molar-refractivity contribution is 7.20. The Bertz CT molecular complexity index is 749. The maximum Gasteiger partial charge on any atom is 0.262 e. The number of unbranched alkanes of at least 4 members (excludes halogenated alkanes) is 4. The lowest BCUT2D eigenvalue weighted by atomic mass is 10.2. The number of rotatable bonds is 9. The first-order chi connectivity index (χ1) is 11.6. The van der Waals surface area contributed by atoms with Crippen molar-refractivity contribution in [3.63, 3.8) is 0 Å². The molecule has 0 aromatic carbocycles. The van der Waals surface area contributed by atoms with Gasteiger partial charge in [-0.05, 0) is 25.3 Å². The zero-order valence-electron chi connectivity index (χ0n) is 14.9. The smallest absolute Gasteiger partial charge is 0.262 e. The highest BCUT2D eigenvalue weighted by atomic mass is 32.1. The highest BCUT2D eigenvalue weighted by Gasteiger charge is 2.19. The Morgan fingerprint density at radius 3 is 2.67 bits per heavy atom. The van der Waals surface area contributed by atoms with E-state index in [9.17, 15) is 9.59 Å². The first-order valence-electron chi connectivity index (χ1n) is 8.86. The second-order valence-corrected chi connectivity index (χ2v) is 7.15. The van der Waals surface area contributed by atoms with Crippen molar-refractivity contribution in [2.45, 2.75) is 65.8 Å². The van der Waals surface area contributed by atoms with E-state index in [0.717, 1.165) is 31.2 Å². The van der Waals surface area contributed by atoms with Gasteiger partial charge in [-0.1, -0.05) is 39.5 Å². The Morgan fingerprint density at radius 2 is 1.96 bits per heavy atom. The van der Waals surface area contributed by atoms with Gasteiger partial charge in [0.1, 0.15) is 4.83 Å². The summed E-state index contributed by atoms with van der Waals surface area (Å²) >= 11 is 1.31. The lowest BCUT2D eigenvalue weighted by molar-refractivity contribution is 0.0956. The van der Waals surface area contributed by atoms with Gasteiger partial charge in [0.2, 0.25) is 0 Å². The van der Waals surface area contributed by atoms with E-state index in [1.807, 2.05) is 6.92 Å². The minimum absolute atomic E-state index is 0.0378. The fraction of sp³-hybridized carbons (Fsp3) is 0.611. The molecular formula is C18H27N3O2S. The van der Waals surface area contributed by atoms with Crippen molar-refractivity contribution in [1.82, 2.24) is 14.9 Å². The van der Waals surface area contributed by atoms with Crippen molar-refractivity contribution < 1.29 is 4.79 Å². The average Bonchev–Trinajstić information content (AvgIpc) is 2.91. The topological polar surface area (TPSA) is 64.0 Å². The van der Waals surface area contributed by atoms with E-state index in [2.05, 4.69) is 24.1 Å². The predicted molar refractivity (Wildman–Crippen MR) is 100 cm³/mol. The molecule has 0 radical (unpaired) electrons. The fourth-order valence-corrected chi connectivity index (χ4v) is 3.75. The van der Waals surface area contributed by atoms with Crippen LogP contribution in [-0.4, -0.2) is 22.0 Å². The van der Waals surface area contributed by atoms with Crippen LogP contribution in [-0.2, 0) is 6.54 Å². The lowest BCUT2D eigenvalue weighted by Crippen LogP contribution is -2.24. The summed E-state index contributed by atoms with van der Waals surface area (Å²) in [5.74, 6) is -0.0912. The summed E-state index contributed by atoms with van der Waals surface area (Å²) in [6.45, 7) is 7.46. The van der Waals surface area contributed by atoms with Crippen molar-refractivity contribution in [3.05, 3.63) is 27.1 Å². The van der Waals surface area contributed by atoms with Gasteiger partial charge < -0.3 is 5.32 Å². The first kappa shape index (κ1) is 18.6. The lowest BCUT2D eigenvalue weighted by Gasteiger charge is -2.04. The van der Waals surface area contributed by atoms with Gasteiger partial charge in [-0.25, -0.2) is 4.98 Å². The van der Waals surface area contributed by atoms with Crippen molar-refractivity contribution in [3.8, 4) is 0 Å². The number of fused-ring (bicyclic) bond motifs is 1. The SMILES string of the molecule is CCCCCCNC(=O)c1sc2ncn(CCCC)c(=O)c2c1C. The van der Waals surface area contributed by atoms with Crippen LogP contribution in [0.15, 0.2) is 11.1 Å². The number of nitrogens with one attached hydrogen (secondary N) is 1. The Kier molecular flexibility index (Phi) is 6.97. The molecule has 1 amide bonds. The molecule has 0 unspecified atom stereocenters. The molecule has 2 rings (SSSR count). The Labute approximate surface area is 147 Å². The predicted octanol–water partition coefficient (Wildman–Crippen LogP) is 3.88. The van der Waals surface area contributed by atoms with E-state index >= 15 is 0 Å². The van der Waals surface area contributed by atoms with E-state index < -0.39 is 0 Å². The van der Waals surface area contributed by atoms with E-state index in [1.54, 1.807) is 10.9 Å². The highest BCUT2D eigenvalue weighted by Crippen LogP contribution is 2.26. The van der Waals surface area contributed by atoms with Gasteiger partial charge in [-0.2, -0.15) is 0 Å². The second kappa shape index (κ2) is 8.97. The van der Waals surface area contributed by atoms with Gasteiger partial charge in [0.25, 0.3) is 11.5 Å². The van der Waals surface area contributed by atoms with Crippen LogP contribution in [0, 0.1) is 6.92 Å². The number of aromatic nitrogens is 2. The number of hydrogen-bond donors (Lipinski definition) is 1. The summed E-state index contributed by atoms with van der Waals surface area (Å²) in [4.78, 5) is 30.7.